The topological polar surface area (TPSA) is 38.8 Å². The summed E-state index contributed by atoms with van der Waals surface area (Å²) in [4.78, 5) is 14.4. The van der Waals surface area contributed by atoms with E-state index in [1.165, 1.54) is 0 Å². The van der Waals surface area contributed by atoms with Crippen LogP contribution in [0.5, 0.6) is 0 Å². The zero-order valence-electron chi connectivity index (χ0n) is 13.0. The van der Waals surface area contributed by atoms with Crippen molar-refractivity contribution in [3.8, 4) is 0 Å². The minimum absolute atomic E-state index is 0.112. The first-order valence-corrected chi connectivity index (χ1v) is 7.69. The molecule has 0 spiro atoms. The van der Waals surface area contributed by atoms with Crippen LogP contribution in [0.1, 0.15) is 25.8 Å². The Morgan fingerprint density at radius 2 is 2.19 bits per heavy atom. The Kier molecular flexibility index (Phi) is 6.21. The van der Waals surface area contributed by atoms with Gasteiger partial charge in [-0.15, -0.1) is 0 Å². The van der Waals surface area contributed by atoms with Crippen molar-refractivity contribution in [2.75, 3.05) is 26.2 Å². The van der Waals surface area contributed by atoms with Crippen LogP contribution < -0.4 is 0 Å². The van der Waals surface area contributed by atoms with Crippen molar-refractivity contribution in [3.63, 3.8) is 0 Å². The van der Waals surface area contributed by atoms with Gasteiger partial charge in [-0.3, -0.25) is 9.69 Å². The molecule has 0 amide bonds. The van der Waals surface area contributed by atoms with Gasteiger partial charge in [0, 0.05) is 26.2 Å². The molecule has 0 aromatic heterocycles. The average molecular weight is 291 g/mol. The van der Waals surface area contributed by atoms with Crippen LogP contribution in [0.3, 0.4) is 0 Å². The van der Waals surface area contributed by atoms with Gasteiger partial charge in [-0.05, 0) is 18.9 Å². The molecular formula is C17H25NO3. The maximum absolute atomic E-state index is 12.1. The molecule has 1 fully saturated rings. The van der Waals surface area contributed by atoms with Crippen molar-refractivity contribution < 1.29 is 14.3 Å². The van der Waals surface area contributed by atoms with Gasteiger partial charge in [-0.1, -0.05) is 37.3 Å². The Labute approximate surface area is 127 Å². The molecule has 116 valence electrons. The zero-order valence-corrected chi connectivity index (χ0v) is 13.0. The molecule has 1 aromatic rings. The van der Waals surface area contributed by atoms with E-state index in [2.05, 4.69) is 11.8 Å². The molecule has 0 aliphatic carbocycles. The third-order valence-corrected chi connectivity index (χ3v) is 3.69. The number of esters is 1. The van der Waals surface area contributed by atoms with E-state index in [9.17, 15) is 4.79 Å². The standard InChI is InChI=1S/C17H25NO3/c1-14(11-18-9-6-10-20-15(2)12-18)17(19)21-13-16-7-4-3-5-8-16/h3-5,7-8,14-15H,6,9-13H2,1-2H3. The van der Waals surface area contributed by atoms with Gasteiger partial charge in [0.05, 0.1) is 12.0 Å². The predicted octanol–water partition coefficient (Wildman–Crippen LogP) is 2.48. The van der Waals surface area contributed by atoms with Gasteiger partial charge in [0.25, 0.3) is 0 Å². The smallest absolute Gasteiger partial charge is 0.310 e. The van der Waals surface area contributed by atoms with Gasteiger partial charge < -0.3 is 9.47 Å². The van der Waals surface area contributed by atoms with E-state index in [1.54, 1.807) is 0 Å². The molecule has 0 bridgehead atoms. The second-order valence-corrected chi connectivity index (χ2v) is 5.79. The molecule has 21 heavy (non-hydrogen) atoms. The van der Waals surface area contributed by atoms with Gasteiger partial charge in [-0.25, -0.2) is 0 Å². The summed E-state index contributed by atoms with van der Waals surface area (Å²) in [5.74, 6) is -0.240. The van der Waals surface area contributed by atoms with E-state index >= 15 is 0 Å². The fourth-order valence-electron chi connectivity index (χ4n) is 2.58. The van der Waals surface area contributed by atoms with Crippen molar-refractivity contribution in [2.24, 2.45) is 5.92 Å². The summed E-state index contributed by atoms with van der Waals surface area (Å²) >= 11 is 0. The molecule has 1 heterocycles. The summed E-state index contributed by atoms with van der Waals surface area (Å²) in [5, 5.41) is 0. The molecule has 2 atom stereocenters. The highest BCUT2D eigenvalue weighted by Gasteiger charge is 2.21. The maximum Gasteiger partial charge on any atom is 0.310 e. The molecule has 0 radical (unpaired) electrons. The number of benzene rings is 1. The Morgan fingerprint density at radius 3 is 2.95 bits per heavy atom. The largest absolute Gasteiger partial charge is 0.461 e. The highest BCUT2D eigenvalue weighted by molar-refractivity contribution is 5.72. The monoisotopic (exact) mass is 291 g/mol. The normalized spacial score (nSPS) is 21.5. The lowest BCUT2D eigenvalue weighted by Crippen LogP contribution is -2.36. The summed E-state index contributed by atoms with van der Waals surface area (Å²) < 4.78 is 11.0. The molecule has 1 aromatic carbocycles. The molecule has 2 rings (SSSR count). The summed E-state index contributed by atoms with van der Waals surface area (Å²) in [6.45, 7) is 7.78. The summed E-state index contributed by atoms with van der Waals surface area (Å²) in [7, 11) is 0. The number of carbonyl (C=O) groups is 1. The highest BCUT2D eigenvalue weighted by atomic mass is 16.5. The summed E-state index contributed by atoms with van der Waals surface area (Å²) in [6, 6.07) is 9.78. The number of hydrogen-bond donors (Lipinski definition) is 0. The van der Waals surface area contributed by atoms with E-state index in [0.29, 0.717) is 6.61 Å². The third kappa shape index (κ3) is 5.48. The average Bonchev–Trinajstić information content (AvgIpc) is 2.70. The molecule has 0 N–H and O–H groups in total. The van der Waals surface area contributed by atoms with Crippen molar-refractivity contribution in [1.29, 1.82) is 0 Å². The Bertz CT molecular complexity index is 435. The first-order chi connectivity index (χ1) is 10.1. The fourth-order valence-corrected chi connectivity index (χ4v) is 2.58. The van der Waals surface area contributed by atoms with E-state index in [4.69, 9.17) is 9.47 Å². The molecule has 2 unspecified atom stereocenters. The van der Waals surface area contributed by atoms with Crippen molar-refractivity contribution in [3.05, 3.63) is 35.9 Å². The van der Waals surface area contributed by atoms with E-state index in [0.717, 1.165) is 38.2 Å². The van der Waals surface area contributed by atoms with Gasteiger partial charge in [-0.2, -0.15) is 0 Å². The van der Waals surface area contributed by atoms with Gasteiger partial charge >= 0.3 is 5.97 Å². The summed E-state index contributed by atoms with van der Waals surface area (Å²) in [5.41, 5.74) is 1.02. The van der Waals surface area contributed by atoms with Gasteiger partial charge in [0.2, 0.25) is 0 Å². The molecule has 4 nitrogen and oxygen atoms in total. The van der Waals surface area contributed by atoms with Crippen molar-refractivity contribution in [2.45, 2.75) is 33.0 Å². The maximum atomic E-state index is 12.1. The number of ether oxygens (including phenoxy) is 2. The van der Waals surface area contributed by atoms with Gasteiger partial charge in [0.1, 0.15) is 6.61 Å². The van der Waals surface area contributed by atoms with Crippen LogP contribution in [0.2, 0.25) is 0 Å². The SMILES string of the molecule is CC1CN(CC(C)C(=O)OCc2ccccc2)CCCO1. The third-order valence-electron chi connectivity index (χ3n) is 3.69. The fraction of sp³-hybridized carbons (Fsp3) is 0.588. The Morgan fingerprint density at radius 1 is 1.43 bits per heavy atom. The predicted molar refractivity (Wildman–Crippen MR) is 81.9 cm³/mol. The molecule has 1 aliphatic heterocycles. The first kappa shape index (κ1) is 16.0. The Hall–Kier alpha value is -1.39. The lowest BCUT2D eigenvalue weighted by Gasteiger charge is -2.24. The van der Waals surface area contributed by atoms with Crippen LogP contribution in [0.4, 0.5) is 0 Å². The molecule has 4 heteroatoms. The van der Waals surface area contributed by atoms with Crippen LogP contribution in [0.25, 0.3) is 0 Å². The van der Waals surface area contributed by atoms with Crippen LogP contribution in [-0.4, -0.2) is 43.2 Å². The number of hydrogen-bond acceptors (Lipinski definition) is 4. The second kappa shape index (κ2) is 8.15. The van der Waals surface area contributed by atoms with Gasteiger partial charge in [0.15, 0.2) is 0 Å². The number of rotatable bonds is 5. The lowest BCUT2D eigenvalue weighted by molar-refractivity contribution is -0.150. The quantitative estimate of drug-likeness (QED) is 0.781. The Balaban J connectivity index is 1.76. The van der Waals surface area contributed by atoms with Crippen LogP contribution in [0, 0.1) is 5.92 Å². The highest BCUT2D eigenvalue weighted by Crippen LogP contribution is 2.10. The molecule has 1 saturated heterocycles. The van der Waals surface area contributed by atoms with Crippen LogP contribution in [0.15, 0.2) is 30.3 Å². The minimum atomic E-state index is -0.128. The second-order valence-electron chi connectivity index (χ2n) is 5.79. The van der Waals surface area contributed by atoms with Crippen molar-refractivity contribution >= 4 is 5.97 Å². The molecule has 0 saturated carbocycles. The van der Waals surface area contributed by atoms with E-state index in [-0.39, 0.29) is 18.0 Å². The minimum Gasteiger partial charge on any atom is -0.461 e. The summed E-state index contributed by atoms with van der Waals surface area (Å²) in [6.07, 6.45) is 1.26. The lowest BCUT2D eigenvalue weighted by atomic mass is 10.1. The molecule has 1 aliphatic rings. The number of nitrogens with zero attached hydrogens (tertiary/aromatic N) is 1. The molecular weight excluding hydrogens is 266 g/mol. The van der Waals surface area contributed by atoms with E-state index in [1.807, 2.05) is 37.3 Å². The van der Waals surface area contributed by atoms with Crippen LogP contribution in [-0.2, 0) is 20.9 Å². The first-order valence-electron chi connectivity index (χ1n) is 7.69. The number of carbonyl (C=O) groups excluding carboxylic acids is 1. The van der Waals surface area contributed by atoms with Crippen LogP contribution >= 0.6 is 0 Å². The van der Waals surface area contributed by atoms with E-state index < -0.39 is 0 Å². The van der Waals surface area contributed by atoms with Crippen molar-refractivity contribution in [1.82, 2.24) is 4.90 Å². The zero-order chi connectivity index (χ0) is 15.1.